The number of hydrogen-bond donors (Lipinski definition) is 1. The summed E-state index contributed by atoms with van der Waals surface area (Å²) in [5, 5.41) is 2.97. The quantitative estimate of drug-likeness (QED) is 0.891. The van der Waals surface area contributed by atoms with Crippen LogP contribution in [0.15, 0.2) is 48.5 Å². The molecule has 0 aromatic heterocycles. The predicted octanol–water partition coefficient (Wildman–Crippen LogP) is 2.69. The van der Waals surface area contributed by atoms with E-state index in [2.05, 4.69) is 16.3 Å². The molecule has 2 aromatic carbocycles. The molecule has 0 aliphatic rings. The molecule has 4 nitrogen and oxygen atoms in total. The molecule has 1 N–H and O–H groups in total. The van der Waals surface area contributed by atoms with Gasteiger partial charge in [0.1, 0.15) is 5.75 Å². The second kappa shape index (κ2) is 7.61. The van der Waals surface area contributed by atoms with Gasteiger partial charge in [0.2, 0.25) is 0 Å². The van der Waals surface area contributed by atoms with Crippen LogP contribution in [0.4, 0.5) is 0 Å². The van der Waals surface area contributed by atoms with Crippen LogP contribution in [0.5, 0.6) is 5.75 Å². The van der Waals surface area contributed by atoms with Gasteiger partial charge in [0.25, 0.3) is 5.91 Å². The zero-order chi connectivity index (χ0) is 15.9. The van der Waals surface area contributed by atoms with Crippen molar-refractivity contribution in [3.8, 4) is 5.75 Å². The maximum absolute atomic E-state index is 12.3. The first kappa shape index (κ1) is 16.0. The summed E-state index contributed by atoms with van der Waals surface area (Å²) in [6.45, 7) is 1.35. The van der Waals surface area contributed by atoms with E-state index in [0.29, 0.717) is 17.9 Å². The molecule has 116 valence electrons. The Kier molecular flexibility index (Phi) is 5.55. The highest BCUT2D eigenvalue weighted by Gasteiger charge is 2.11. The number of benzene rings is 2. The molecule has 0 atom stereocenters. The third kappa shape index (κ3) is 4.09. The highest BCUT2D eigenvalue weighted by atomic mass is 16.5. The van der Waals surface area contributed by atoms with E-state index in [9.17, 15) is 4.79 Å². The summed E-state index contributed by atoms with van der Waals surface area (Å²) in [4.78, 5) is 14.4. The minimum absolute atomic E-state index is 0.128. The van der Waals surface area contributed by atoms with Crippen molar-refractivity contribution < 1.29 is 9.53 Å². The van der Waals surface area contributed by atoms with Crippen LogP contribution in [-0.2, 0) is 13.1 Å². The molecule has 0 bridgehead atoms. The van der Waals surface area contributed by atoms with Crippen LogP contribution in [0.1, 0.15) is 21.5 Å². The lowest BCUT2D eigenvalue weighted by molar-refractivity contribution is 0.0948. The van der Waals surface area contributed by atoms with Gasteiger partial charge in [-0.2, -0.15) is 0 Å². The van der Waals surface area contributed by atoms with Gasteiger partial charge in [-0.05, 0) is 37.4 Å². The number of para-hydroxylation sites is 1. The predicted molar refractivity (Wildman–Crippen MR) is 88.0 cm³/mol. The highest BCUT2D eigenvalue weighted by Crippen LogP contribution is 2.17. The van der Waals surface area contributed by atoms with E-state index >= 15 is 0 Å². The molecule has 0 unspecified atom stereocenters. The number of ether oxygens (including phenoxy) is 1. The Labute approximate surface area is 131 Å². The van der Waals surface area contributed by atoms with Crippen molar-refractivity contribution in [2.24, 2.45) is 0 Å². The van der Waals surface area contributed by atoms with E-state index in [1.807, 2.05) is 44.4 Å². The summed E-state index contributed by atoms with van der Waals surface area (Å²) in [5.74, 6) is 0.457. The number of rotatable bonds is 6. The number of carbonyl (C=O) groups excluding carboxylic acids is 1. The second-order valence-corrected chi connectivity index (χ2v) is 5.39. The van der Waals surface area contributed by atoms with E-state index in [4.69, 9.17) is 4.74 Å². The summed E-state index contributed by atoms with van der Waals surface area (Å²) in [5.41, 5.74) is 2.89. The molecule has 0 aliphatic carbocycles. The summed E-state index contributed by atoms with van der Waals surface area (Å²) in [7, 11) is 5.63. The van der Waals surface area contributed by atoms with Crippen LogP contribution in [0.2, 0.25) is 0 Å². The largest absolute Gasteiger partial charge is 0.496 e. The van der Waals surface area contributed by atoms with Gasteiger partial charge in [-0.25, -0.2) is 0 Å². The highest BCUT2D eigenvalue weighted by molar-refractivity contribution is 5.96. The number of carbonyl (C=O) groups is 1. The molecule has 0 aliphatic heterocycles. The van der Waals surface area contributed by atoms with Gasteiger partial charge >= 0.3 is 0 Å². The first-order valence-electron chi connectivity index (χ1n) is 7.24. The van der Waals surface area contributed by atoms with E-state index in [1.165, 1.54) is 5.56 Å². The van der Waals surface area contributed by atoms with Crippen LogP contribution >= 0.6 is 0 Å². The minimum atomic E-state index is -0.128. The summed E-state index contributed by atoms with van der Waals surface area (Å²) in [6, 6.07) is 15.4. The van der Waals surface area contributed by atoms with Crippen molar-refractivity contribution in [1.29, 1.82) is 0 Å². The molecule has 0 radical (unpaired) electrons. The normalized spacial score (nSPS) is 10.5. The maximum atomic E-state index is 12.3. The van der Waals surface area contributed by atoms with E-state index in [-0.39, 0.29) is 5.91 Å². The van der Waals surface area contributed by atoms with Crippen molar-refractivity contribution in [2.45, 2.75) is 13.1 Å². The Balaban J connectivity index is 2.08. The van der Waals surface area contributed by atoms with Crippen molar-refractivity contribution in [1.82, 2.24) is 10.2 Å². The molecular formula is C18H22N2O2. The molecule has 22 heavy (non-hydrogen) atoms. The van der Waals surface area contributed by atoms with Crippen LogP contribution in [0.25, 0.3) is 0 Å². The fraction of sp³-hybridized carbons (Fsp3) is 0.278. The monoisotopic (exact) mass is 298 g/mol. The lowest BCUT2D eigenvalue weighted by atomic mass is 10.1. The molecule has 0 spiro atoms. The average Bonchev–Trinajstić information content (AvgIpc) is 2.53. The van der Waals surface area contributed by atoms with Crippen molar-refractivity contribution in [3.63, 3.8) is 0 Å². The standard InChI is InChI=1S/C18H22N2O2/c1-20(2)13-15-9-5-4-8-14(15)12-19-18(21)16-10-6-7-11-17(16)22-3/h4-11H,12-13H2,1-3H3,(H,19,21). The molecular weight excluding hydrogens is 276 g/mol. The van der Waals surface area contributed by atoms with Gasteiger partial charge in [0, 0.05) is 13.1 Å². The number of amides is 1. The molecule has 0 heterocycles. The number of hydrogen-bond acceptors (Lipinski definition) is 3. The first-order chi connectivity index (χ1) is 10.6. The van der Waals surface area contributed by atoms with Gasteiger partial charge in [0.05, 0.1) is 12.7 Å². The molecule has 1 amide bonds. The Morgan fingerprint density at radius 1 is 1.05 bits per heavy atom. The van der Waals surface area contributed by atoms with Crippen molar-refractivity contribution in [3.05, 3.63) is 65.2 Å². The van der Waals surface area contributed by atoms with E-state index < -0.39 is 0 Å². The zero-order valence-corrected chi connectivity index (χ0v) is 13.3. The van der Waals surface area contributed by atoms with Gasteiger partial charge in [0.15, 0.2) is 0 Å². The molecule has 0 saturated carbocycles. The first-order valence-corrected chi connectivity index (χ1v) is 7.24. The summed E-state index contributed by atoms with van der Waals surface area (Å²) >= 11 is 0. The Hall–Kier alpha value is -2.33. The van der Waals surface area contributed by atoms with E-state index in [1.54, 1.807) is 19.2 Å². The fourth-order valence-corrected chi connectivity index (χ4v) is 2.33. The number of nitrogens with one attached hydrogen (secondary N) is 1. The zero-order valence-electron chi connectivity index (χ0n) is 13.3. The van der Waals surface area contributed by atoms with Gasteiger partial charge in [-0.1, -0.05) is 36.4 Å². The Bertz CT molecular complexity index is 638. The van der Waals surface area contributed by atoms with Crippen LogP contribution in [-0.4, -0.2) is 32.0 Å². The third-order valence-electron chi connectivity index (χ3n) is 3.40. The lowest BCUT2D eigenvalue weighted by Gasteiger charge is -2.15. The smallest absolute Gasteiger partial charge is 0.255 e. The molecule has 0 saturated heterocycles. The maximum Gasteiger partial charge on any atom is 0.255 e. The topological polar surface area (TPSA) is 41.6 Å². The average molecular weight is 298 g/mol. The molecule has 0 fully saturated rings. The number of methoxy groups -OCH3 is 1. The third-order valence-corrected chi connectivity index (χ3v) is 3.40. The second-order valence-electron chi connectivity index (χ2n) is 5.39. The molecule has 2 aromatic rings. The van der Waals surface area contributed by atoms with Crippen LogP contribution < -0.4 is 10.1 Å². The van der Waals surface area contributed by atoms with Gasteiger partial charge in [-0.15, -0.1) is 0 Å². The van der Waals surface area contributed by atoms with Gasteiger partial charge in [-0.3, -0.25) is 4.79 Å². The van der Waals surface area contributed by atoms with Crippen molar-refractivity contribution >= 4 is 5.91 Å². The molecule has 2 rings (SSSR count). The van der Waals surface area contributed by atoms with E-state index in [0.717, 1.165) is 12.1 Å². The summed E-state index contributed by atoms with van der Waals surface area (Å²) in [6.07, 6.45) is 0. The Morgan fingerprint density at radius 2 is 1.68 bits per heavy atom. The van der Waals surface area contributed by atoms with Crippen molar-refractivity contribution in [2.75, 3.05) is 21.2 Å². The fourth-order valence-electron chi connectivity index (χ4n) is 2.33. The Morgan fingerprint density at radius 3 is 2.36 bits per heavy atom. The van der Waals surface area contributed by atoms with Crippen LogP contribution in [0, 0.1) is 0 Å². The summed E-state index contributed by atoms with van der Waals surface area (Å²) < 4.78 is 5.23. The van der Waals surface area contributed by atoms with Crippen LogP contribution in [0.3, 0.4) is 0 Å². The SMILES string of the molecule is COc1ccccc1C(=O)NCc1ccccc1CN(C)C. The van der Waals surface area contributed by atoms with Gasteiger partial charge < -0.3 is 15.0 Å². The molecule has 4 heteroatoms. The lowest BCUT2D eigenvalue weighted by Crippen LogP contribution is -2.24. The number of nitrogens with zero attached hydrogens (tertiary/aromatic N) is 1. The minimum Gasteiger partial charge on any atom is -0.496 e.